The molecule has 1 atom stereocenters. The second kappa shape index (κ2) is 7.64. The van der Waals surface area contributed by atoms with Crippen molar-refractivity contribution in [2.24, 2.45) is 0 Å². The lowest BCUT2D eigenvalue weighted by molar-refractivity contribution is -0.137. The number of hydrogen-bond donors (Lipinski definition) is 2. The number of rotatable bonds is 4. The van der Waals surface area contributed by atoms with Gasteiger partial charge in [-0.25, -0.2) is 4.98 Å². The van der Waals surface area contributed by atoms with Crippen LogP contribution in [0.2, 0.25) is 0 Å². The molecule has 3 heterocycles. The quantitative estimate of drug-likeness (QED) is 0.638. The topological polar surface area (TPSA) is 74.2 Å². The van der Waals surface area contributed by atoms with Crippen molar-refractivity contribution in [1.82, 2.24) is 20.1 Å². The minimum absolute atomic E-state index is 0.0270. The maximum Gasteiger partial charge on any atom is 0.418 e. The maximum absolute atomic E-state index is 12.9. The van der Waals surface area contributed by atoms with Crippen LogP contribution >= 0.6 is 0 Å². The van der Waals surface area contributed by atoms with Gasteiger partial charge in [0.2, 0.25) is 0 Å². The van der Waals surface area contributed by atoms with Gasteiger partial charge in [-0.15, -0.1) is 10.2 Å². The molecule has 0 spiro atoms. The third-order valence-corrected chi connectivity index (χ3v) is 5.96. The molecule has 162 valence electrons. The van der Waals surface area contributed by atoms with E-state index in [4.69, 9.17) is 0 Å². The van der Waals surface area contributed by atoms with Gasteiger partial charge in [-0.3, -0.25) is 4.90 Å². The summed E-state index contributed by atoms with van der Waals surface area (Å²) in [5.74, 6) is 0.0516. The standard InChI is InChI=1S/C22H22F3N5O/c23-22(24,25)13-10-18(31)20(26-11-13)19-16-5-1-2-6-17(16)21(29-28-19)27-14-4-3-9-30(12-14)15-7-8-15/h1-2,5-6,10-11,14-15,31H,3-4,7-9,12H2,(H,27,29). The van der Waals surface area contributed by atoms with E-state index in [2.05, 4.69) is 25.4 Å². The Kier molecular flexibility index (Phi) is 4.92. The molecule has 2 fully saturated rings. The van der Waals surface area contributed by atoms with Gasteiger partial charge >= 0.3 is 6.18 Å². The first kappa shape index (κ1) is 20.0. The number of nitrogens with zero attached hydrogens (tertiary/aromatic N) is 4. The highest BCUT2D eigenvalue weighted by molar-refractivity contribution is 6.00. The molecule has 0 radical (unpaired) electrons. The van der Waals surface area contributed by atoms with Crippen LogP contribution in [-0.4, -0.2) is 50.4 Å². The molecule has 1 aromatic carbocycles. The minimum atomic E-state index is -4.58. The van der Waals surface area contributed by atoms with E-state index >= 15 is 0 Å². The predicted octanol–water partition coefficient (Wildman–Crippen LogP) is 4.45. The molecular weight excluding hydrogens is 407 g/mol. The van der Waals surface area contributed by atoms with Gasteiger partial charge in [0.25, 0.3) is 0 Å². The summed E-state index contributed by atoms with van der Waals surface area (Å²) in [6.07, 6.45) is 0.829. The summed E-state index contributed by atoms with van der Waals surface area (Å²) in [4.78, 5) is 6.37. The van der Waals surface area contributed by atoms with Crippen LogP contribution in [0.15, 0.2) is 36.5 Å². The Labute approximate surface area is 177 Å². The molecule has 1 unspecified atom stereocenters. The van der Waals surface area contributed by atoms with E-state index in [9.17, 15) is 18.3 Å². The maximum atomic E-state index is 12.9. The molecule has 0 bridgehead atoms. The lowest BCUT2D eigenvalue weighted by atomic mass is 10.0. The zero-order chi connectivity index (χ0) is 21.6. The number of piperidine rings is 1. The SMILES string of the molecule is Oc1cc(C(F)(F)F)cnc1-c1nnc(NC2CCCN(C3CC3)C2)c2ccccc12. The molecule has 2 N–H and O–H groups in total. The zero-order valence-electron chi connectivity index (χ0n) is 16.7. The fourth-order valence-electron chi connectivity index (χ4n) is 4.26. The Bertz CT molecular complexity index is 1120. The van der Waals surface area contributed by atoms with Gasteiger partial charge in [0.1, 0.15) is 17.1 Å². The number of benzene rings is 1. The van der Waals surface area contributed by atoms with Gasteiger partial charge in [-0.05, 0) is 38.3 Å². The highest BCUT2D eigenvalue weighted by Gasteiger charge is 2.33. The Morgan fingerprint density at radius 1 is 1.03 bits per heavy atom. The van der Waals surface area contributed by atoms with E-state index in [1.54, 1.807) is 6.07 Å². The van der Waals surface area contributed by atoms with Crippen LogP contribution in [0.1, 0.15) is 31.2 Å². The Hall–Kier alpha value is -2.94. The summed E-state index contributed by atoms with van der Waals surface area (Å²) in [6, 6.07) is 9.02. The van der Waals surface area contributed by atoms with E-state index < -0.39 is 17.5 Å². The molecule has 1 saturated heterocycles. The Morgan fingerprint density at radius 2 is 1.81 bits per heavy atom. The number of hydrogen-bond acceptors (Lipinski definition) is 6. The average molecular weight is 429 g/mol. The van der Waals surface area contributed by atoms with E-state index in [0.29, 0.717) is 29.5 Å². The number of nitrogens with one attached hydrogen (secondary N) is 1. The monoisotopic (exact) mass is 429 g/mol. The van der Waals surface area contributed by atoms with E-state index in [0.717, 1.165) is 31.3 Å². The summed E-state index contributed by atoms with van der Waals surface area (Å²) in [5.41, 5.74) is -0.793. The molecule has 1 saturated carbocycles. The van der Waals surface area contributed by atoms with Crippen LogP contribution in [0.5, 0.6) is 5.75 Å². The number of aromatic nitrogens is 3. The van der Waals surface area contributed by atoms with Gasteiger partial charge in [0.05, 0.1) is 5.56 Å². The number of anilines is 1. The van der Waals surface area contributed by atoms with Gasteiger partial charge in [-0.1, -0.05) is 24.3 Å². The molecule has 2 aromatic heterocycles. The second-order valence-electron chi connectivity index (χ2n) is 8.24. The summed E-state index contributed by atoms with van der Waals surface area (Å²) in [6.45, 7) is 2.09. The number of aromatic hydroxyl groups is 1. The number of likely N-dealkylation sites (tertiary alicyclic amines) is 1. The zero-order valence-corrected chi connectivity index (χ0v) is 16.7. The van der Waals surface area contributed by atoms with Crippen molar-refractivity contribution in [1.29, 1.82) is 0 Å². The van der Waals surface area contributed by atoms with Crippen LogP contribution in [0, 0.1) is 0 Å². The van der Waals surface area contributed by atoms with Crippen molar-refractivity contribution >= 4 is 16.6 Å². The van der Waals surface area contributed by atoms with E-state index in [-0.39, 0.29) is 17.4 Å². The summed E-state index contributed by atoms with van der Waals surface area (Å²) in [7, 11) is 0. The normalized spacial score (nSPS) is 20.2. The molecule has 5 rings (SSSR count). The second-order valence-corrected chi connectivity index (χ2v) is 8.24. The lowest BCUT2D eigenvalue weighted by Crippen LogP contribution is -2.43. The number of pyridine rings is 1. The minimum Gasteiger partial charge on any atom is -0.506 e. The largest absolute Gasteiger partial charge is 0.506 e. The van der Waals surface area contributed by atoms with Crippen LogP contribution in [-0.2, 0) is 6.18 Å². The first-order chi connectivity index (χ1) is 14.9. The van der Waals surface area contributed by atoms with Crippen molar-refractivity contribution in [2.45, 2.75) is 43.9 Å². The molecule has 31 heavy (non-hydrogen) atoms. The molecular formula is C22H22F3N5O. The molecule has 2 aliphatic rings. The van der Waals surface area contributed by atoms with Gasteiger partial charge in [0, 0.05) is 35.6 Å². The summed E-state index contributed by atoms with van der Waals surface area (Å²) >= 11 is 0. The van der Waals surface area contributed by atoms with E-state index in [1.807, 2.05) is 18.2 Å². The van der Waals surface area contributed by atoms with Crippen molar-refractivity contribution in [2.75, 3.05) is 18.4 Å². The van der Waals surface area contributed by atoms with Crippen LogP contribution in [0.25, 0.3) is 22.2 Å². The van der Waals surface area contributed by atoms with Crippen LogP contribution in [0.3, 0.4) is 0 Å². The molecule has 0 amide bonds. The number of halogens is 3. The van der Waals surface area contributed by atoms with Crippen molar-refractivity contribution in [3.8, 4) is 17.1 Å². The summed E-state index contributed by atoms with van der Waals surface area (Å²) < 4.78 is 38.8. The fourth-order valence-corrected chi connectivity index (χ4v) is 4.26. The molecule has 1 aliphatic carbocycles. The smallest absolute Gasteiger partial charge is 0.418 e. The molecule has 1 aliphatic heterocycles. The molecule has 3 aromatic rings. The number of alkyl halides is 3. The van der Waals surface area contributed by atoms with Crippen molar-refractivity contribution in [3.05, 3.63) is 42.1 Å². The fraction of sp³-hybridized carbons (Fsp3) is 0.409. The van der Waals surface area contributed by atoms with Crippen LogP contribution in [0.4, 0.5) is 19.0 Å². The average Bonchev–Trinajstić information content (AvgIpc) is 3.59. The molecule has 6 nitrogen and oxygen atoms in total. The Morgan fingerprint density at radius 3 is 2.52 bits per heavy atom. The summed E-state index contributed by atoms with van der Waals surface area (Å²) in [5, 5.41) is 23.8. The van der Waals surface area contributed by atoms with Gasteiger partial charge in [0.15, 0.2) is 5.82 Å². The van der Waals surface area contributed by atoms with Crippen LogP contribution < -0.4 is 5.32 Å². The first-order valence-electron chi connectivity index (χ1n) is 10.4. The van der Waals surface area contributed by atoms with Gasteiger partial charge < -0.3 is 10.4 Å². The van der Waals surface area contributed by atoms with Crippen molar-refractivity contribution < 1.29 is 18.3 Å². The van der Waals surface area contributed by atoms with Gasteiger partial charge in [-0.2, -0.15) is 13.2 Å². The highest BCUT2D eigenvalue weighted by Crippen LogP contribution is 2.37. The third-order valence-electron chi connectivity index (χ3n) is 5.96. The molecule has 9 heteroatoms. The lowest BCUT2D eigenvalue weighted by Gasteiger charge is -2.33. The van der Waals surface area contributed by atoms with Crippen molar-refractivity contribution in [3.63, 3.8) is 0 Å². The third kappa shape index (κ3) is 4.01. The number of fused-ring (bicyclic) bond motifs is 1. The predicted molar refractivity (Wildman–Crippen MR) is 111 cm³/mol. The highest BCUT2D eigenvalue weighted by atomic mass is 19.4. The first-order valence-corrected chi connectivity index (χ1v) is 10.4. The van der Waals surface area contributed by atoms with E-state index in [1.165, 1.54) is 12.8 Å². The Balaban J connectivity index is 1.48.